The molecule has 1 fully saturated rings. The van der Waals surface area contributed by atoms with E-state index >= 15 is 0 Å². The Balaban J connectivity index is 1.34. The van der Waals surface area contributed by atoms with E-state index in [1.165, 1.54) is 0 Å². The highest BCUT2D eigenvalue weighted by Crippen LogP contribution is 2.34. The normalized spacial score (nSPS) is 14.2. The van der Waals surface area contributed by atoms with Gasteiger partial charge in [0.05, 0.1) is 19.7 Å². The van der Waals surface area contributed by atoms with Crippen LogP contribution in [0.4, 0.5) is 11.8 Å². The third kappa shape index (κ3) is 3.41. The molecule has 1 amide bonds. The van der Waals surface area contributed by atoms with Crippen LogP contribution in [-0.2, 0) is 0 Å². The van der Waals surface area contributed by atoms with Crippen LogP contribution in [-0.4, -0.2) is 66.2 Å². The van der Waals surface area contributed by atoms with Crippen molar-refractivity contribution in [1.82, 2.24) is 19.9 Å². The number of H-pyrrole nitrogens is 1. The number of methoxy groups -OCH3 is 2. The molecule has 1 saturated heterocycles. The first-order valence-electron chi connectivity index (χ1n) is 10.4. The molecule has 0 aliphatic carbocycles. The summed E-state index contributed by atoms with van der Waals surface area (Å²) in [6.45, 7) is 2.37. The Morgan fingerprint density at radius 2 is 1.72 bits per heavy atom. The summed E-state index contributed by atoms with van der Waals surface area (Å²) in [6.07, 6.45) is 0. The molecule has 0 radical (unpaired) electrons. The minimum atomic E-state index is -0.00312. The monoisotopic (exact) mass is 432 g/mol. The second-order valence-electron chi connectivity index (χ2n) is 7.68. The molecular weight excluding hydrogens is 408 g/mol. The molecule has 0 saturated carbocycles. The van der Waals surface area contributed by atoms with E-state index in [0.29, 0.717) is 66.0 Å². The summed E-state index contributed by atoms with van der Waals surface area (Å²) in [6, 6.07) is 13.4. The van der Waals surface area contributed by atoms with Gasteiger partial charge in [-0.05, 0) is 18.2 Å². The van der Waals surface area contributed by atoms with Crippen LogP contribution in [0.25, 0.3) is 21.8 Å². The fourth-order valence-electron chi connectivity index (χ4n) is 4.08. The summed E-state index contributed by atoms with van der Waals surface area (Å²) in [5, 5.41) is 1.74. The van der Waals surface area contributed by atoms with Crippen LogP contribution in [0.5, 0.6) is 11.5 Å². The van der Waals surface area contributed by atoms with Gasteiger partial charge in [0.15, 0.2) is 11.5 Å². The Labute approximate surface area is 184 Å². The number of ether oxygens (including phenoxy) is 2. The minimum Gasteiger partial charge on any atom is -0.493 e. The molecule has 4 aromatic rings. The summed E-state index contributed by atoms with van der Waals surface area (Å²) in [5.41, 5.74) is 8.47. The van der Waals surface area contributed by atoms with E-state index in [4.69, 9.17) is 20.2 Å². The lowest BCUT2D eigenvalue weighted by Gasteiger charge is -2.34. The Hall–Kier alpha value is -4.01. The average Bonchev–Trinajstić information content (AvgIpc) is 3.27. The number of aromatic amines is 1. The highest BCUT2D eigenvalue weighted by molar-refractivity contribution is 5.98. The molecule has 2 aromatic carbocycles. The number of nitrogens with one attached hydrogen (secondary N) is 1. The van der Waals surface area contributed by atoms with Gasteiger partial charge >= 0.3 is 0 Å². The number of nitrogens with zero attached hydrogens (tertiary/aromatic N) is 4. The fourth-order valence-corrected chi connectivity index (χ4v) is 4.08. The van der Waals surface area contributed by atoms with Gasteiger partial charge in [0, 0.05) is 48.5 Å². The number of amides is 1. The molecule has 0 atom stereocenters. The summed E-state index contributed by atoms with van der Waals surface area (Å²) >= 11 is 0. The van der Waals surface area contributed by atoms with E-state index in [-0.39, 0.29) is 5.91 Å². The van der Waals surface area contributed by atoms with E-state index in [2.05, 4.69) is 9.97 Å². The van der Waals surface area contributed by atoms with E-state index < -0.39 is 0 Å². The number of hydrogen-bond donors (Lipinski definition) is 2. The number of nitrogens with two attached hydrogens (primary N) is 1. The number of carbonyl (C=O) groups excluding carboxylic acids is 1. The van der Waals surface area contributed by atoms with Gasteiger partial charge in [-0.25, -0.2) is 4.98 Å². The van der Waals surface area contributed by atoms with Crippen LogP contribution >= 0.6 is 0 Å². The number of anilines is 2. The third-order valence-electron chi connectivity index (χ3n) is 5.83. The predicted molar refractivity (Wildman–Crippen MR) is 123 cm³/mol. The number of para-hydroxylation sites is 1. The number of carbonyl (C=O) groups is 1. The van der Waals surface area contributed by atoms with E-state index in [1.54, 1.807) is 26.4 Å². The SMILES string of the molecule is COc1cc2nc(N3CCN(C(=O)c4cc5ccccc5[nH]4)CC3)nc(N)c2cc1OC. The van der Waals surface area contributed by atoms with Crippen molar-refractivity contribution in [3.8, 4) is 11.5 Å². The van der Waals surface area contributed by atoms with Crippen molar-refractivity contribution in [2.24, 2.45) is 0 Å². The van der Waals surface area contributed by atoms with Crippen LogP contribution in [0.1, 0.15) is 10.5 Å². The number of aromatic nitrogens is 3. The number of piperazine rings is 1. The maximum Gasteiger partial charge on any atom is 0.270 e. The van der Waals surface area contributed by atoms with E-state index in [9.17, 15) is 4.79 Å². The fraction of sp³-hybridized carbons (Fsp3) is 0.261. The van der Waals surface area contributed by atoms with Crippen molar-refractivity contribution in [3.05, 3.63) is 48.2 Å². The van der Waals surface area contributed by atoms with Crippen LogP contribution in [0.2, 0.25) is 0 Å². The molecule has 3 heterocycles. The molecule has 0 spiro atoms. The number of nitrogen functional groups attached to an aromatic ring is 1. The van der Waals surface area contributed by atoms with Crippen LogP contribution in [0.15, 0.2) is 42.5 Å². The maximum atomic E-state index is 13.0. The van der Waals surface area contributed by atoms with Crippen molar-refractivity contribution in [3.63, 3.8) is 0 Å². The van der Waals surface area contributed by atoms with Gasteiger partial charge < -0.3 is 30.0 Å². The van der Waals surface area contributed by atoms with Gasteiger partial charge in [-0.3, -0.25) is 4.79 Å². The van der Waals surface area contributed by atoms with E-state index in [1.807, 2.05) is 40.1 Å². The largest absolute Gasteiger partial charge is 0.493 e. The number of benzene rings is 2. The Kier molecular flexibility index (Phi) is 4.93. The maximum absolute atomic E-state index is 13.0. The first-order valence-corrected chi connectivity index (χ1v) is 10.4. The molecule has 9 nitrogen and oxygen atoms in total. The van der Waals surface area contributed by atoms with Crippen LogP contribution in [0, 0.1) is 0 Å². The highest BCUT2D eigenvalue weighted by atomic mass is 16.5. The van der Waals surface area contributed by atoms with Gasteiger partial charge in [0.25, 0.3) is 5.91 Å². The number of fused-ring (bicyclic) bond motifs is 2. The van der Waals surface area contributed by atoms with Crippen molar-refractivity contribution in [2.45, 2.75) is 0 Å². The number of rotatable bonds is 4. The van der Waals surface area contributed by atoms with Crippen molar-refractivity contribution >= 4 is 39.5 Å². The summed E-state index contributed by atoms with van der Waals surface area (Å²) in [4.78, 5) is 29.3. The molecule has 5 rings (SSSR count). The molecular formula is C23H24N6O3. The standard InChI is InChI=1S/C23H24N6O3/c1-31-19-12-15-17(13-20(19)32-2)26-23(27-21(15)24)29-9-7-28(8-10-29)22(30)18-11-14-5-3-4-6-16(14)25-18/h3-6,11-13,25H,7-10H2,1-2H3,(H2,24,26,27). The molecule has 32 heavy (non-hydrogen) atoms. The number of hydrogen-bond acceptors (Lipinski definition) is 7. The zero-order valence-corrected chi connectivity index (χ0v) is 18.0. The second kappa shape index (κ2) is 7.92. The van der Waals surface area contributed by atoms with Gasteiger partial charge in [-0.2, -0.15) is 4.98 Å². The first-order chi connectivity index (χ1) is 15.6. The zero-order chi connectivity index (χ0) is 22.2. The minimum absolute atomic E-state index is 0.00312. The van der Waals surface area contributed by atoms with Crippen LogP contribution < -0.4 is 20.1 Å². The molecule has 3 N–H and O–H groups in total. The second-order valence-corrected chi connectivity index (χ2v) is 7.68. The Bertz CT molecular complexity index is 1280. The predicted octanol–water partition coefficient (Wildman–Crippen LogP) is 2.67. The molecule has 9 heteroatoms. The van der Waals surface area contributed by atoms with Gasteiger partial charge in [-0.1, -0.05) is 18.2 Å². The van der Waals surface area contributed by atoms with Crippen LogP contribution in [0.3, 0.4) is 0 Å². The Morgan fingerprint density at radius 3 is 2.44 bits per heavy atom. The van der Waals surface area contributed by atoms with Crippen molar-refractivity contribution in [1.29, 1.82) is 0 Å². The lowest BCUT2D eigenvalue weighted by molar-refractivity contribution is 0.0741. The molecule has 2 aromatic heterocycles. The lowest BCUT2D eigenvalue weighted by atomic mass is 10.2. The highest BCUT2D eigenvalue weighted by Gasteiger charge is 2.25. The summed E-state index contributed by atoms with van der Waals surface area (Å²) in [5.74, 6) is 2.07. The summed E-state index contributed by atoms with van der Waals surface area (Å²) in [7, 11) is 3.16. The smallest absolute Gasteiger partial charge is 0.270 e. The van der Waals surface area contributed by atoms with E-state index in [0.717, 1.165) is 10.9 Å². The summed E-state index contributed by atoms with van der Waals surface area (Å²) < 4.78 is 10.7. The van der Waals surface area contributed by atoms with Gasteiger partial charge in [-0.15, -0.1) is 0 Å². The van der Waals surface area contributed by atoms with Crippen molar-refractivity contribution in [2.75, 3.05) is 51.0 Å². The first kappa shape index (κ1) is 19.9. The van der Waals surface area contributed by atoms with Gasteiger partial charge in [0.1, 0.15) is 11.5 Å². The molecule has 0 unspecified atom stereocenters. The molecule has 0 bridgehead atoms. The lowest BCUT2D eigenvalue weighted by Crippen LogP contribution is -2.49. The zero-order valence-electron chi connectivity index (χ0n) is 18.0. The van der Waals surface area contributed by atoms with Crippen molar-refractivity contribution < 1.29 is 14.3 Å². The molecule has 1 aliphatic heterocycles. The quantitative estimate of drug-likeness (QED) is 0.510. The topological polar surface area (TPSA) is 110 Å². The molecule has 1 aliphatic rings. The Morgan fingerprint density at radius 1 is 1.00 bits per heavy atom. The molecule has 164 valence electrons. The third-order valence-corrected chi connectivity index (χ3v) is 5.83. The van der Waals surface area contributed by atoms with Gasteiger partial charge in [0.2, 0.25) is 5.95 Å². The average molecular weight is 432 g/mol.